The van der Waals surface area contributed by atoms with Gasteiger partial charge < -0.3 is 4.74 Å². The van der Waals surface area contributed by atoms with Crippen molar-refractivity contribution < 1.29 is 9.53 Å². The van der Waals surface area contributed by atoms with Crippen molar-refractivity contribution in [1.29, 1.82) is 0 Å². The van der Waals surface area contributed by atoms with Gasteiger partial charge in [-0.15, -0.1) is 6.58 Å². The second-order valence-electron chi connectivity index (χ2n) is 5.59. The topological polar surface area (TPSA) is 26.3 Å². The summed E-state index contributed by atoms with van der Waals surface area (Å²) in [5.41, 5.74) is 3.60. The second kappa shape index (κ2) is 7.82. The van der Waals surface area contributed by atoms with Gasteiger partial charge in [0.15, 0.2) is 0 Å². The first kappa shape index (κ1) is 17.0. The molecule has 0 bridgehead atoms. The normalized spacial score (nSPS) is 10.3. The number of ether oxygens (including phenoxy) is 1. The molecule has 0 aliphatic carbocycles. The number of esters is 1. The smallest absolute Gasteiger partial charge is 0.343 e. The lowest BCUT2D eigenvalue weighted by molar-refractivity contribution is 0.0735. The van der Waals surface area contributed by atoms with Crippen LogP contribution in [0.2, 0.25) is 5.02 Å². The van der Waals surface area contributed by atoms with E-state index in [2.05, 4.69) is 6.58 Å². The Morgan fingerprint density at radius 3 is 2.32 bits per heavy atom. The summed E-state index contributed by atoms with van der Waals surface area (Å²) in [5, 5.41) is 0.401. The van der Waals surface area contributed by atoms with Crippen LogP contribution in [-0.4, -0.2) is 5.97 Å². The zero-order valence-electron chi connectivity index (χ0n) is 13.6. The summed E-state index contributed by atoms with van der Waals surface area (Å²) in [7, 11) is 0. The predicted molar refractivity (Wildman–Crippen MR) is 102 cm³/mol. The van der Waals surface area contributed by atoms with Crippen molar-refractivity contribution in [2.24, 2.45) is 0 Å². The Morgan fingerprint density at radius 2 is 1.68 bits per heavy atom. The second-order valence-corrected chi connectivity index (χ2v) is 6.00. The van der Waals surface area contributed by atoms with Gasteiger partial charge in [0.2, 0.25) is 0 Å². The highest BCUT2D eigenvalue weighted by Gasteiger charge is 2.12. The summed E-state index contributed by atoms with van der Waals surface area (Å²) >= 11 is 6.29. The molecule has 3 rings (SSSR count). The number of halogens is 1. The molecule has 0 fully saturated rings. The molecule has 0 N–H and O–H groups in total. The lowest BCUT2D eigenvalue weighted by Gasteiger charge is -2.09. The molecule has 3 aromatic rings. The number of rotatable bonds is 5. The third-order valence-electron chi connectivity index (χ3n) is 3.81. The van der Waals surface area contributed by atoms with Crippen molar-refractivity contribution in [3.8, 4) is 16.9 Å². The maximum absolute atomic E-state index is 12.3. The van der Waals surface area contributed by atoms with Crippen molar-refractivity contribution in [3.63, 3.8) is 0 Å². The van der Waals surface area contributed by atoms with Gasteiger partial charge in [0.05, 0.1) is 10.6 Å². The Hall–Kier alpha value is -2.84. The van der Waals surface area contributed by atoms with Crippen molar-refractivity contribution >= 4 is 17.6 Å². The van der Waals surface area contributed by atoms with Crippen molar-refractivity contribution in [3.05, 3.63) is 102 Å². The number of carbonyl (C=O) groups is 1. The van der Waals surface area contributed by atoms with E-state index in [-0.39, 0.29) is 0 Å². The predicted octanol–water partition coefficient (Wildman–Crippen LogP) is 5.95. The fraction of sp³-hybridized carbons (Fsp3) is 0.0455. The van der Waals surface area contributed by atoms with E-state index in [9.17, 15) is 4.79 Å². The van der Waals surface area contributed by atoms with Crippen molar-refractivity contribution in [2.75, 3.05) is 0 Å². The van der Waals surface area contributed by atoms with E-state index in [1.165, 1.54) is 0 Å². The number of carbonyl (C=O) groups excluding carboxylic acids is 1. The van der Waals surface area contributed by atoms with Gasteiger partial charge in [0, 0.05) is 0 Å². The molecule has 0 unspecified atom stereocenters. The summed E-state index contributed by atoms with van der Waals surface area (Å²) in [6, 6.07) is 22.6. The molecule has 2 nitrogen and oxygen atoms in total. The van der Waals surface area contributed by atoms with Gasteiger partial charge in [-0.05, 0) is 47.4 Å². The van der Waals surface area contributed by atoms with Gasteiger partial charge in [-0.3, -0.25) is 0 Å². The average Bonchev–Trinajstić information content (AvgIpc) is 2.65. The molecule has 0 saturated heterocycles. The Bertz CT molecular complexity index is 884. The molecule has 0 saturated carbocycles. The first-order chi connectivity index (χ1) is 12.2. The molecule has 0 heterocycles. The van der Waals surface area contributed by atoms with E-state index >= 15 is 0 Å². The van der Waals surface area contributed by atoms with Crippen LogP contribution in [0.5, 0.6) is 5.75 Å². The molecule has 25 heavy (non-hydrogen) atoms. The van der Waals surface area contributed by atoms with Gasteiger partial charge >= 0.3 is 5.97 Å². The van der Waals surface area contributed by atoms with Crippen molar-refractivity contribution in [2.45, 2.75) is 6.42 Å². The quantitative estimate of drug-likeness (QED) is 0.323. The van der Waals surface area contributed by atoms with Gasteiger partial charge in [0.25, 0.3) is 0 Å². The molecule has 0 spiro atoms. The fourth-order valence-electron chi connectivity index (χ4n) is 2.50. The first-order valence-corrected chi connectivity index (χ1v) is 8.32. The standard InChI is InChI=1S/C22H17ClO2/c1-2-6-16-9-11-18(12-10-16)22(24)25-21-14-13-19(15-20(21)23)17-7-4-3-5-8-17/h2-5,7-15H,1,6H2. The van der Waals surface area contributed by atoms with Crippen LogP contribution in [0.1, 0.15) is 15.9 Å². The van der Waals surface area contributed by atoms with Crippen LogP contribution in [-0.2, 0) is 6.42 Å². The summed E-state index contributed by atoms with van der Waals surface area (Å²) < 4.78 is 5.43. The SMILES string of the molecule is C=CCc1ccc(C(=O)Oc2ccc(-c3ccccc3)cc2Cl)cc1. The highest BCUT2D eigenvalue weighted by atomic mass is 35.5. The van der Waals surface area contributed by atoms with Crippen LogP contribution in [0.4, 0.5) is 0 Å². The molecule has 0 amide bonds. The first-order valence-electron chi connectivity index (χ1n) is 7.94. The summed E-state index contributed by atoms with van der Waals surface area (Å²) in [5.74, 6) is -0.0824. The van der Waals surface area contributed by atoms with Crippen LogP contribution in [0.3, 0.4) is 0 Å². The zero-order valence-corrected chi connectivity index (χ0v) is 14.4. The van der Waals surface area contributed by atoms with Crippen LogP contribution in [0, 0.1) is 0 Å². The molecule has 0 aliphatic rings. The van der Waals surface area contributed by atoms with Gasteiger partial charge in [-0.25, -0.2) is 4.79 Å². The maximum Gasteiger partial charge on any atom is 0.343 e. The van der Waals surface area contributed by atoms with Gasteiger partial charge in [-0.1, -0.05) is 66.2 Å². The highest BCUT2D eigenvalue weighted by Crippen LogP contribution is 2.30. The van der Waals surface area contributed by atoms with E-state index in [1.807, 2.05) is 54.6 Å². The Morgan fingerprint density at radius 1 is 0.960 bits per heavy atom. The lowest BCUT2D eigenvalue weighted by Crippen LogP contribution is -2.08. The molecule has 124 valence electrons. The third-order valence-corrected chi connectivity index (χ3v) is 4.11. The number of benzene rings is 3. The monoisotopic (exact) mass is 348 g/mol. The molecular formula is C22H17ClO2. The zero-order chi connectivity index (χ0) is 17.6. The minimum atomic E-state index is -0.431. The lowest BCUT2D eigenvalue weighted by atomic mass is 10.1. The molecule has 0 atom stereocenters. The average molecular weight is 349 g/mol. The Kier molecular flexibility index (Phi) is 5.32. The van der Waals surface area contributed by atoms with E-state index in [1.54, 1.807) is 24.3 Å². The highest BCUT2D eigenvalue weighted by molar-refractivity contribution is 6.32. The molecule has 0 aliphatic heterocycles. The molecule has 3 aromatic carbocycles. The van der Waals surface area contributed by atoms with Crippen LogP contribution in [0.15, 0.2) is 85.5 Å². The minimum Gasteiger partial charge on any atom is -0.421 e. The molecule has 0 aromatic heterocycles. The Labute approximate surface area is 152 Å². The van der Waals surface area contributed by atoms with E-state index in [4.69, 9.17) is 16.3 Å². The van der Waals surface area contributed by atoms with E-state index in [0.717, 1.165) is 23.1 Å². The van der Waals surface area contributed by atoms with Gasteiger partial charge in [-0.2, -0.15) is 0 Å². The third kappa shape index (κ3) is 4.17. The summed E-state index contributed by atoms with van der Waals surface area (Å²) in [4.78, 5) is 12.3. The minimum absolute atomic E-state index is 0.349. The van der Waals surface area contributed by atoms with Crippen LogP contribution in [0.25, 0.3) is 11.1 Å². The Balaban J connectivity index is 1.76. The summed E-state index contributed by atoms with van der Waals surface area (Å²) in [6.07, 6.45) is 2.59. The number of hydrogen-bond donors (Lipinski definition) is 0. The van der Waals surface area contributed by atoms with Crippen molar-refractivity contribution in [1.82, 2.24) is 0 Å². The fourth-order valence-corrected chi connectivity index (χ4v) is 2.72. The maximum atomic E-state index is 12.3. The molecule has 0 radical (unpaired) electrons. The molecular weight excluding hydrogens is 332 g/mol. The number of hydrogen-bond acceptors (Lipinski definition) is 2. The largest absolute Gasteiger partial charge is 0.421 e. The van der Waals surface area contributed by atoms with Gasteiger partial charge in [0.1, 0.15) is 5.75 Å². The van der Waals surface area contributed by atoms with E-state index in [0.29, 0.717) is 16.3 Å². The van der Waals surface area contributed by atoms with Crippen LogP contribution >= 0.6 is 11.6 Å². The number of allylic oxidation sites excluding steroid dienone is 1. The van der Waals surface area contributed by atoms with Crippen LogP contribution < -0.4 is 4.74 Å². The molecule has 3 heteroatoms. The van der Waals surface area contributed by atoms with E-state index < -0.39 is 5.97 Å². The summed E-state index contributed by atoms with van der Waals surface area (Å²) in [6.45, 7) is 3.70.